The number of fused-ring (bicyclic) bond motifs is 4. The van der Waals surface area contributed by atoms with Gasteiger partial charge in [0.05, 0.1) is 7.11 Å². The third-order valence-electron chi connectivity index (χ3n) is 4.49. The molecule has 0 saturated carbocycles. The molecule has 1 unspecified atom stereocenters. The first-order valence-electron chi connectivity index (χ1n) is 7.81. The van der Waals surface area contributed by atoms with Crippen molar-refractivity contribution < 1.29 is 13.9 Å². The second kappa shape index (κ2) is 6.12. The van der Waals surface area contributed by atoms with Crippen LogP contribution in [0.15, 0.2) is 40.4 Å². The van der Waals surface area contributed by atoms with Gasteiger partial charge in [-0.05, 0) is 36.2 Å². The Hall–Kier alpha value is -2.90. The Kier molecular flexibility index (Phi) is 3.90. The Balaban J connectivity index is 2.05. The third-order valence-corrected chi connectivity index (χ3v) is 5.29. The zero-order valence-corrected chi connectivity index (χ0v) is 14.6. The zero-order valence-electron chi connectivity index (χ0n) is 13.8. The summed E-state index contributed by atoms with van der Waals surface area (Å²) < 4.78 is 25.7. The van der Waals surface area contributed by atoms with Crippen LogP contribution in [0.2, 0.25) is 0 Å². The van der Waals surface area contributed by atoms with Crippen LogP contribution in [0, 0.1) is 5.82 Å². The molecule has 0 saturated heterocycles. The average Bonchev–Trinajstić information content (AvgIpc) is 2.63. The van der Waals surface area contributed by atoms with Crippen LogP contribution < -0.4 is 15.2 Å². The molecule has 7 nitrogen and oxygen atoms in total. The summed E-state index contributed by atoms with van der Waals surface area (Å²) in [5.74, 6) is 1.11. The second-order valence-electron chi connectivity index (χ2n) is 5.87. The first kappa shape index (κ1) is 16.6. The molecule has 4 rings (SSSR count). The van der Waals surface area contributed by atoms with Crippen molar-refractivity contribution in [3.63, 3.8) is 0 Å². The monoisotopic (exact) mass is 371 g/mol. The predicted molar refractivity (Wildman–Crippen MR) is 97.8 cm³/mol. The first-order valence-corrected chi connectivity index (χ1v) is 8.79. The Bertz CT molecular complexity index is 989. The van der Waals surface area contributed by atoms with E-state index in [2.05, 4.69) is 10.0 Å². The van der Waals surface area contributed by atoms with E-state index in [1.807, 2.05) is 0 Å². The van der Waals surface area contributed by atoms with Crippen molar-refractivity contribution in [2.24, 2.45) is 15.8 Å². The Morgan fingerprint density at radius 3 is 2.96 bits per heavy atom. The SMILES string of the molecule is COc1cc(F)c2c(c1)C1(CCSC(N)=N1)c1cc(N=[N+]=[N-])ccc1O2. The van der Waals surface area contributed by atoms with Crippen LogP contribution in [-0.2, 0) is 5.54 Å². The highest BCUT2D eigenvalue weighted by atomic mass is 32.2. The molecule has 2 aromatic carbocycles. The van der Waals surface area contributed by atoms with Gasteiger partial charge < -0.3 is 15.2 Å². The molecule has 1 spiro atoms. The number of rotatable bonds is 2. The molecule has 2 aromatic rings. The molecule has 0 aliphatic carbocycles. The van der Waals surface area contributed by atoms with E-state index >= 15 is 0 Å². The van der Waals surface area contributed by atoms with Gasteiger partial charge in [0.25, 0.3) is 0 Å². The summed E-state index contributed by atoms with van der Waals surface area (Å²) in [5.41, 5.74) is 15.5. The molecule has 0 aromatic heterocycles. The van der Waals surface area contributed by atoms with Crippen LogP contribution in [-0.4, -0.2) is 18.0 Å². The van der Waals surface area contributed by atoms with Crippen molar-refractivity contribution in [2.45, 2.75) is 12.0 Å². The lowest BCUT2D eigenvalue weighted by Gasteiger charge is -2.39. The van der Waals surface area contributed by atoms with Gasteiger partial charge in [-0.2, -0.15) is 0 Å². The van der Waals surface area contributed by atoms with Crippen molar-refractivity contribution >= 4 is 22.6 Å². The smallest absolute Gasteiger partial charge is 0.169 e. The molecule has 2 heterocycles. The number of benzene rings is 2. The predicted octanol–water partition coefficient (Wildman–Crippen LogP) is 4.58. The fourth-order valence-electron chi connectivity index (χ4n) is 3.37. The van der Waals surface area contributed by atoms with E-state index in [4.69, 9.17) is 25.7 Å². The quantitative estimate of drug-likeness (QED) is 0.474. The van der Waals surface area contributed by atoms with Crippen molar-refractivity contribution in [3.8, 4) is 17.2 Å². The molecule has 2 N–H and O–H groups in total. The van der Waals surface area contributed by atoms with Gasteiger partial charge in [-0.3, -0.25) is 0 Å². The van der Waals surface area contributed by atoms with Crippen molar-refractivity contribution in [3.05, 3.63) is 57.7 Å². The maximum Gasteiger partial charge on any atom is 0.169 e. The van der Waals surface area contributed by atoms with Crippen LogP contribution >= 0.6 is 11.8 Å². The van der Waals surface area contributed by atoms with Crippen LogP contribution in [0.5, 0.6) is 17.2 Å². The number of amidine groups is 1. The highest BCUT2D eigenvalue weighted by Gasteiger charge is 2.45. The van der Waals surface area contributed by atoms with E-state index in [1.54, 1.807) is 24.3 Å². The third kappa shape index (κ3) is 2.44. The molecule has 0 bridgehead atoms. The number of hydrogen-bond acceptors (Lipinski definition) is 6. The minimum absolute atomic E-state index is 0.110. The Morgan fingerprint density at radius 2 is 2.23 bits per heavy atom. The minimum Gasteiger partial charge on any atom is -0.497 e. The van der Waals surface area contributed by atoms with Gasteiger partial charge in [-0.25, -0.2) is 9.38 Å². The number of hydrogen-bond donors (Lipinski definition) is 1. The maximum atomic E-state index is 14.7. The summed E-state index contributed by atoms with van der Waals surface area (Å²) in [7, 11) is 1.47. The fourth-order valence-corrected chi connectivity index (χ4v) is 4.19. The summed E-state index contributed by atoms with van der Waals surface area (Å²) in [4.78, 5) is 7.52. The van der Waals surface area contributed by atoms with Gasteiger partial charge in [-0.15, -0.1) is 0 Å². The van der Waals surface area contributed by atoms with Gasteiger partial charge in [0.15, 0.2) is 16.7 Å². The van der Waals surface area contributed by atoms with Gasteiger partial charge in [0.1, 0.15) is 17.0 Å². The normalized spacial score (nSPS) is 20.3. The van der Waals surface area contributed by atoms with Crippen LogP contribution in [0.25, 0.3) is 10.4 Å². The second-order valence-corrected chi connectivity index (χ2v) is 6.98. The van der Waals surface area contributed by atoms with E-state index in [9.17, 15) is 4.39 Å². The van der Waals surface area contributed by atoms with E-state index in [0.717, 1.165) is 0 Å². The topological polar surface area (TPSA) is 106 Å². The molecule has 26 heavy (non-hydrogen) atoms. The zero-order chi connectivity index (χ0) is 18.3. The molecule has 0 radical (unpaired) electrons. The number of halogens is 1. The van der Waals surface area contributed by atoms with Gasteiger partial charge in [0, 0.05) is 33.5 Å². The summed E-state index contributed by atoms with van der Waals surface area (Å²) >= 11 is 1.44. The molecule has 9 heteroatoms. The number of nitrogens with zero attached hydrogens (tertiary/aromatic N) is 4. The minimum atomic E-state index is -0.922. The lowest BCUT2D eigenvalue weighted by molar-refractivity contribution is 0.359. The largest absolute Gasteiger partial charge is 0.497 e. The number of azide groups is 1. The molecule has 1 atom stereocenters. The lowest BCUT2D eigenvalue weighted by atomic mass is 9.78. The van der Waals surface area contributed by atoms with Crippen LogP contribution in [0.4, 0.5) is 10.1 Å². The molecule has 132 valence electrons. The average molecular weight is 371 g/mol. The van der Waals surface area contributed by atoms with E-state index in [0.29, 0.717) is 45.7 Å². The van der Waals surface area contributed by atoms with Crippen molar-refractivity contribution in [1.29, 1.82) is 0 Å². The van der Waals surface area contributed by atoms with E-state index < -0.39 is 11.4 Å². The first-order chi connectivity index (χ1) is 12.6. The van der Waals surface area contributed by atoms with Crippen molar-refractivity contribution in [1.82, 2.24) is 0 Å². The maximum absolute atomic E-state index is 14.7. The summed E-state index contributed by atoms with van der Waals surface area (Å²) in [6, 6.07) is 7.97. The Morgan fingerprint density at radius 1 is 1.38 bits per heavy atom. The summed E-state index contributed by atoms with van der Waals surface area (Å²) in [6.07, 6.45) is 0.591. The van der Waals surface area contributed by atoms with Gasteiger partial charge >= 0.3 is 0 Å². The highest BCUT2D eigenvalue weighted by Crippen LogP contribution is 2.55. The lowest BCUT2D eigenvalue weighted by Crippen LogP contribution is -2.35. The molecule has 0 amide bonds. The molecule has 0 fully saturated rings. The number of aliphatic imine (C=N–C) groups is 1. The molecular formula is C17H14FN5O2S. The van der Waals surface area contributed by atoms with Crippen LogP contribution in [0.3, 0.4) is 0 Å². The number of methoxy groups -OCH3 is 1. The number of thioether (sulfide) groups is 1. The number of nitrogens with two attached hydrogens (primary N) is 1. The summed E-state index contributed by atoms with van der Waals surface area (Å²) in [5, 5.41) is 4.07. The van der Waals surface area contributed by atoms with E-state index in [1.165, 1.54) is 24.9 Å². The molecular weight excluding hydrogens is 357 g/mol. The van der Waals surface area contributed by atoms with Gasteiger partial charge in [-0.1, -0.05) is 16.9 Å². The fraction of sp³-hybridized carbons (Fsp3) is 0.235. The van der Waals surface area contributed by atoms with Gasteiger partial charge in [0.2, 0.25) is 0 Å². The van der Waals surface area contributed by atoms with Crippen LogP contribution in [0.1, 0.15) is 17.5 Å². The van der Waals surface area contributed by atoms with E-state index in [-0.39, 0.29) is 5.75 Å². The standard InChI is InChI=1S/C17H14FN5O2S/c1-24-10-7-12-15(13(18)8-10)25-14-3-2-9(22-23-20)6-11(14)17(12)4-5-26-16(19)21-17/h2-3,6-8H,4-5H2,1H3,(H2,19,21). The highest BCUT2D eigenvalue weighted by molar-refractivity contribution is 8.13. The summed E-state index contributed by atoms with van der Waals surface area (Å²) in [6.45, 7) is 0. The molecule has 2 aliphatic heterocycles. The Labute approximate surface area is 152 Å². The number of ether oxygens (including phenoxy) is 2. The molecule has 2 aliphatic rings. The van der Waals surface area contributed by atoms with Crippen molar-refractivity contribution in [2.75, 3.05) is 12.9 Å².